The Morgan fingerprint density at radius 2 is 1.70 bits per heavy atom. The molecule has 0 aromatic heterocycles. The van der Waals surface area contributed by atoms with Crippen LogP contribution < -0.4 is 24.3 Å². The number of hydrogen-bond acceptors (Lipinski definition) is 5. The summed E-state index contributed by atoms with van der Waals surface area (Å²) in [5.74, 6) is 1.53. The van der Waals surface area contributed by atoms with Crippen LogP contribution in [0.25, 0.3) is 6.08 Å². The lowest BCUT2D eigenvalue weighted by atomic mass is 10.2. The van der Waals surface area contributed by atoms with Crippen molar-refractivity contribution >= 4 is 29.3 Å². The highest BCUT2D eigenvalue weighted by Gasteiger charge is 2.14. The van der Waals surface area contributed by atoms with E-state index >= 15 is 0 Å². The van der Waals surface area contributed by atoms with Gasteiger partial charge in [0, 0.05) is 6.07 Å². The van der Waals surface area contributed by atoms with E-state index in [0.717, 1.165) is 5.56 Å². The molecule has 0 unspecified atom stereocenters. The van der Waals surface area contributed by atoms with Crippen molar-refractivity contribution in [3.05, 3.63) is 47.0 Å². The van der Waals surface area contributed by atoms with Crippen LogP contribution in [0.3, 0.4) is 0 Å². The van der Waals surface area contributed by atoms with Crippen LogP contribution in [-0.2, 0) is 4.79 Å². The van der Waals surface area contributed by atoms with Crippen LogP contribution in [0.2, 0.25) is 5.02 Å². The summed E-state index contributed by atoms with van der Waals surface area (Å²) in [4.78, 5) is 12.3. The van der Waals surface area contributed by atoms with E-state index in [4.69, 9.17) is 30.5 Å². The Hall–Kier alpha value is -2.86. The fourth-order valence-electron chi connectivity index (χ4n) is 2.39. The minimum atomic E-state index is -0.367. The summed E-state index contributed by atoms with van der Waals surface area (Å²) in [6.45, 7) is 1.73. The quantitative estimate of drug-likeness (QED) is 0.721. The third-order valence-corrected chi connectivity index (χ3v) is 3.95. The van der Waals surface area contributed by atoms with Gasteiger partial charge in [0.25, 0.3) is 5.91 Å². The molecule has 0 saturated heterocycles. The maximum Gasteiger partial charge on any atom is 0.262 e. The summed E-state index contributed by atoms with van der Waals surface area (Å²) >= 11 is 6.11. The van der Waals surface area contributed by atoms with Gasteiger partial charge < -0.3 is 24.3 Å². The minimum Gasteiger partial charge on any atom is -0.495 e. The van der Waals surface area contributed by atoms with Gasteiger partial charge in [0.1, 0.15) is 11.5 Å². The van der Waals surface area contributed by atoms with Crippen molar-refractivity contribution in [2.24, 2.45) is 0 Å². The van der Waals surface area contributed by atoms with Gasteiger partial charge >= 0.3 is 0 Å². The highest BCUT2D eigenvalue weighted by molar-refractivity contribution is 6.32. The topological polar surface area (TPSA) is 66.0 Å². The van der Waals surface area contributed by atoms with Gasteiger partial charge in [0.15, 0.2) is 18.1 Å². The molecule has 0 saturated carbocycles. The molecule has 0 fully saturated rings. The van der Waals surface area contributed by atoms with Crippen LogP contribution in [0.1, 0.15) is 12.5 Å². The Morgan fingerprint density at radius 1 is 1.00 bits per heavy atom. The van der Waals surface area contributed by atoms with E-state index in [1.165, 1.54) is 14.2 Å². The second-order valence-electron chi connectivity index (χ2n) is 5.43. The summed E-state index contributed by atoms with van der Waals surface area (Å²) in [6.07, 6.45) is 3.87. The maximum absolute atomic E-state index is 12.3. The molecular weight excluding hydrogens is 370 g/mol. The molecule has 2 aromatic carbocycles. The fraction of sp³-hybridized carbons (Fsp3) is 0.250. The van der Waals surface area contributed by atoms with Gasteiger partial charge in [-0.05, 0) is 30.7 Å². The Balaban J connectivity index is 2.08. The van der Waals surface area contributed by atoms with Crippen LogP contribution in [-0.4, -0.2) is 33.8 Å². The number of methoxy groups -OCH3 is 3. The molecule has 0 spiro atoms. The molecule has 144 valence electrons. The third-order valence-electron chi connectivity index (χ3n) is 3.65. The van der Waals surface area contributed by atoms with Crippen molar-refractivity contribution in [1.29, 1.82) is 0 Å². The van der Waals surface area contributed by atoms with Crippen LogP contribution in [0.4, 0.5) is 5.69 Å². The first-order valence-electron chi connectivity index (χ1n) is 8.17. The zero-order valence-corrected chi connectivity index (χ0v) is 16.4. The summed E-state index contributed by atoms with van der Waals surface area (Å²) in [6, 6.07) is 8.62. The summed E-state index contributed by atoms with van der Waals surface area (Å²) in [5, 5.41) is 3.07. The largest absolute Gasteiger partial charge is 0.495 e. The van der Waals surface area contributed by atoms with Gasteiger partial charge in [-0.25, -0.2) is 0 Å². The SMILES string of the molecule is C/C=C\c1ccc(OCC(=O)Nc2cc(Cl)c(OC)cc2OC)c(OC)c1. The van der Waals surface area contributed by atoms with Gasteiger partial charge in [0.2, 0.25) is 0 Å². The molecule has 6 nitrogen and oxygen atoms in total. The molecule has 0 aliphatic carbocycles. The van der Waals surface area contributed by atoms with Crippen molar-refractivity contribution in [2.45, 2.75) is 6.92 Å². The normalized spacial score (nSPS) is 10.6. The van der Waals surface area contributed by atoms with E-state index in [1.807, 2.05) is 31.2 Å². The van der Waals surface area contributed by atoms with Crippen molar-refractivity contribution in [3.63, 3.8) is 0 Å². The molecule has 27 heavy (non-hydrogen) atoms. The van der Waals surface area contributed by atoms with E-state index in [-0.39, 0.29) is 12.5 Å². The molecule has 0 heterocycles. The predicted octanol–water partition coefficient (Wildman–Crippen LogP) is 4.42. The highest BCUT2D eigenvalue weighted by atomic mass is 35.5. The van der Waals surface area contributed by atoms with Gasteiger partial charge in [-0.3, -0.25) is 4.79 Å². The summed E-state index contributed by atoms with van der Waals surface area (Å²) < 4.78 is 21.3. The molecule has 2 rings (SSSR count). The number of carbonyl (C=O) groups is 1. The number of rotatable bonds is 8. The lowest BCUT2D eigenvalue weighted by Crippen LogP contribution is -2.20. The molecule has 0 bridgehead atoms. The number of hydrogen-bond donors (Lipinski definition) is 1. The first-order chi connectivity index (χ1) is 13.0. The zero-order valence-electron chi connectivity index (χ0n) is 15.7. The first-order valence-corrected chi connectivity index (χ1v) is 8.55. The molecule has 7 heteroatoms. The van der Waals surface area contributed by atoms with E-state index in [2.05, 4.69) is 5.32 Å². The average molecular weight is 392 g/mol. The smallest absolute Gasteiger partial charge is 0.262 e. The molecule has 0 radical (unpaired) electrons. The Morgan fingerprint density at radius 3 is 2.33 bits per heavy atom. The minimum absolute atomic E-state index is 0.202. The average Bonchev–Trinajstić information content (AvgIpc) is 2.67. The number of benzene rings is 2. The van der Waals surface area contributed by atoms with Gasteiger partial charge in [-0.15, -0.1) is 0 Å². The van der Waals surface area contributed by atoms with Gasteiger partial charge in [-0.1, -0.05) is 29.8 Å². The summed E-state index contributed by atoms with van der Waals surface area (Å²) in [5.41, 5.74) is 1.40. The predicted molar refractivity (Wildman–Crippen MR) is 106 cm³/mol. The van der Waals surface area contributed by atoms with Crippen LogP contribution in [0, 0.1) is 0 Å². The van der Waals surface area contributed by atoms with E-state index < -0.39 is 0 Å². The molecule has 0 aliphatic heterocycles. The van der Waals surface area contributed by atoms with Gasteiger partial charge in [0.05, 0.1) is 32.0 Å². The lowest BCUT2D eigenvalue weighted by molar-refractivity contribution is -0.118. The number of carbonyl (C=O) groups excluding carboxylic acids is 1. The van der Waals surface area contributed by atoms with Gasteiger partial charge in [-0.2, -0.15) is 0 Å². The van der Waals surface area contributed by atoms with Crippen LogP contribution in [0.5, 0.6) is 23.0 Å². The standard InChI is InChI=1S/C20H22ClNO5/c1-5-6-13-7-8-16(19(9-13)26-4)27-12-20(23)22-15-10-14(21)17(24-2)11-18(15)25-3/h5-11H,12H2,1-4H3,(H,22,23)/b6-5-. The lowest BCUT2D eigenvalue weighted by Gasteiger charge is -2.14. The van der Waals surface area contributed by atoms with Crippen molar-refractivity contribution < 1.29 is 23.7 Å². The second-order valence-corrected chi connectivity index (χ2v) is 5.84. The Kier molecular flexibility index (Phi) is 7.37. The number of ether oxygens (including phenoxy) is 4. The number of halogens is 1. The molecule has 0 atom stereocenters. The highest BCUT2D eigenvalue weighted by Crippen LogP contribution is 2.36. The van der Waals surface area contributed by atoms with Crippen LogP contribution >= 0.6 is 11.6 Å². The number of amides is 1. The van der Waals surface area contributed by atoms with Crippen molar-refractivity contribution in [2.75, 3.05) is 33.3 Å². The molecular formula is C20H22ClNO5. The van der Waals surface area contributed by atoms with E-state index in [1.54, 1.807) is 25.3 Å². The number of allylic oxidation sites excluding steroid dienone is 1. The molecule has 1 amide bonds. The van der Waals surface area contributed by atoms with E-state index in [0.29, 0.717) is 33.7 Å². The van der Waals surface area contributed by atoms with Crippen molar-refractivity contribution in [1.82, 2.24) is 0 Å². The first kappa shape index (κ1) is 20.5. The monoisotopic (exact) mass is 391 g/mol. The second kappa shape index (κ2) is 9.73. The third kappa shape index (κ3) is 5.31. The number of anilines is 1. The molecule has 2 aromatic rings. The Bertz CT molecular complexity index is 835. The Labute approximate surface area is 163 Å². The van der Waals surface area contributed by atoms with Crippen LogP contribution in [0.15, 0.2) is 36.4 Å². The summed E-state index contributed by atoms with van der Waals surface area (Å²) in [7, 11) is 4.54. The molecule has 0 aliphatic rings. The molecule has 1 N–H and O–H groups in total. The maximum atomic E-state index is 12.3. The zero-order chi connectivity index (χ0) is 19.8. The van der Waals surface area contributed by atoms with E-state index in [9.17, 15) is 4.79 Å². The number of nitrogens with one attached hydrogen (secondary N) is 1. The van der Waals surface area contributed by atoms with Crippen molar-refractivity contribution in [3.8, 4) is 23.0 Å². The fourth-order valence-corrected chi connectivity index (χ4v) is 2.63.